The summed E-state index contributed by atoms with van der Waals surface area (Å²) in [6.45, 7) is 6.10. The van der Waals surface area contributed by atoms with Crippen LogP contribution in [0.2, 0.25) is 0 Å². The number of allylic oxidation sites excluding steroid dienone is 1. The molecule has 0 bridgehead atoms. The summed E-state index contributed by atoms with van der Waals surface area (Å²) in [7, 11) is 0. The summed E-state index contributed by atoms with van der Waals surface area (Å²) in [5, 5.41) is 9.14. The van der Waals surface area contributed by atoms with Crippen LogP contribution in [0.4, 0.5) is 0 Å². The number of carbonyl (C=O) groups is 1. The van der Waals surface area contributed by atoms with Crippen molar-refractivity contribution in [3.63, 3.8) is 0 Å². The predicted octanol–water partition coefficient (Wildman–Crippen LogP) is 3.22. The van der Waals surface area contributed by atoms with Gasteiger partial charge < -0.3 is 9.32 Å². The largest absolute Gasteiger partial charge is 0.461 e. The lowest BCUT2D eigenvalue weighted by molar-refractivity contribution is -0.128. The molecule has 0 atom stereocenters. The van der Waals surface area contributed by atoms with Crippen LogP contribution in [0.5, 0.6) is 0 Å². The fourth-order valence-electron chi connectivity index (χ4n) is 2.81. The molecule has 24 heavy (non-hydrogen) atoms. The Kier molecular flexibility index (Phi) is 5.74. The number of nitrogens with zero attached hydrogens (tertiary/aromatic N) is 4. The normalized spacial score (nSPS) is 15.2. The van der Waals surface area contributed by atoms with E-state index in [1.807, 2.05) is 21.6 Å². The van der Waals surface area contributed by atoms with Gasteiger partial charge in [-0.1, -0.05) is 30.7 Å². The number of thioether (sulfide) groups is 1. The summed E-state index contributed by atoms with van der Waals surface area (Å²) < 4.78 is 7.34. The van der Waals surface area contributed by atoms with Crippen LogP contribution in [0.15, 0.2) is 40.6 Å². The van der Waals surface area contributed by atoms with Crippen LogP contribution in [0.3, 0.4) is 0 Å². The minimum absolute atomic E-state index is 0.176. The van der Waals surface area contributed by atoms with Gasteiger partial charge in [-0.05, 0) is 25.0 Å². The summed E-state index contributed by atoms with van der Waals surface area (Å²) in [6.07, 6.45) is 8.04. The Hall–Kier alpha value is -2.02. The molecule has 2 aromatic heterocycles. The number of furan rings is 1. The molecule has 0 N–H and O–H groups in total. The van der Waals surface area contributed by atoms with Gasteiger partial charge in [0, 0.05) is 19.6 Å². The van der Waals surface area contributed by atoms with Crippen LogP contribution in [-0.4, -0.2) is 44.4 Å². The van der Waals surface area contributed by atoms with Gasteiger partial charge in [0.25, 0.3) is 0 Å². The van der Waals surface area contributed by atoms with Gasteiger partial charge in [0.1, 0.15) is 0 Å². The first-order valence-corrected chi connectivity index (χ1v) is 9.26. The van der Waals surface area contributed by atoms with Crippen molar-refractivity contribution in [1.29, 1.82) is 0 Å². The van der Waals surface area contributed by atoms with Crippen LogP contribution in [0.1, 0.15) is 25.7 Å². The molecule has 1 saturated heterocycles. The van der Waals surface area contributed by atoms with Gasteiger partial charge in [-0.15, -0.1) is 16.8 Å². The van der Waals surface area contributed by atoms with Crippen LogP contribution in [0, 0.1) is 0 Å². The highest BCUT2D eigenvalue weighted by Crippen LogP contribution is 2.25. The number of likely N-dealkylation sites (tertiary alicyclic amines) is 1. The summed E-state index contributed by atoms with van der Waals surface area (Å²) in [5.74, 6) is 1.88. The van der Waals surface area contributed by atoms with Gasteiger partial charge in [0.15, 0.2) is 10.9 Å². The van der Waals surface area contributed by atoms with Gasteiger partial charge in [0.05, 0.1) is 12.0 Å². The number of rotatable bonds is 6. The molecule has 0 saturated carbocycles. The van der Waals surface area contributed by atoms with Gasteiger partial charge >= 0.3 is 0 Å². The van der Waals surface area contributed by atoms with Gasteiger partial charge in [-0.25, -0.2) is 0 Å². The third-order valence-electron chi connectivity index (χ3n) is 4.05. The number of carbonyl (C=O) groups excluding carboxylic acids is 1. The van der Waals surface area contributed by atoms with Crippen molar-refractivity contribution in [3.8, 4) is 11.6 Å². The fourth-order valence-corrected chi connectivity index (χ4v) is 3.67. The van der Waals surface area contributed by atoms with E-state index in [1.165, 1.54) is 24.6 Å². The Morgan fingerprint density at radius 2 is 2.08 bits per heavy atom. The minimum atomic E-state index is 0.176. The van der Waals surface area contributed by atoms with E-state index in [1.54, 1.807) is 12.3 Å². The Morgan fingerprint density at radius 3 is 2.75 bits per heavy atom. The highest BCUT2D eigenvalue weighted by Gasteiger charge is 2.19. The first-order chi connectivity index (χ1) is 11.8. The van der Waals surface area contributed by atoms with Crippen LogP contribution in [0.25, 0.3) is 11.6 Å². The molecule has 128 valence electrons. The van der Waals surface area contributed by atoms with Crippen molar-refractivity contribution in [2.24, 2.45) is 0 Å². The molecule has 3 rings (SSSR count). The molecule has 1 fully saturated rings. The second-order valence-electron chi connectivity index (χ2n) is 5.77. The molecule has 3 heterocycles. The molecule has 1 amide bonds. The van der Waals surface area contributed by atoms with Crippen molar-refractivity contribution < 1.29 is 9.21 Å². The van der Waals surface area contributed by atoms with Gasteiger partial charge in [0.2, 0.25) is 11.7 Å². The lowest BCUT2D eigenvalue weighted by Crippen LogP contribution is -2.33. The molecule has 6 nitrogen and oxygen atoms in total. The summed E-state index contributed by atoms with van der Waals surface area (Å²) in [5.41, 5.74) is 0. The smallest absolute Gasteiger partial charge is 0.233 e. The van der Waals surface area contributed by atoms with Crippen molar-refractivity contribution >= 4 is 17.7 Å². The third-order valence-corrected chi connectivity index (χ3v) is 5.01. The third kappa shape index (κ3) is 3.90. The van der Waals surface area contributed by atoms with Crippen molar-refractivity contribution in [2.45, 2.75) is 37.4 Å². The van der Waals surface area contributed by atoms with Gasteiger partial charge in [-0.3, -0.25) is 9.36 Å². The van der Waals surface area contributed by atoms with E-state index >= 15 is 0 Å². The molecule has 1 aliphatic heterocycles. The van der Waals surface area contributed by atoms with E-state index in [2.05, 4.69) is 16.8 Å². The fraction of sp³-hybridized carbons (Fsp3) is 0.471. The molecule has 0 radical (unpaired) electrons. The number of amides is 1. The lowest BCUT2D eigenvalue weighted by atomic mass is 10.2. The van der Waals surface area contributed by atoms with Crippen LogP contribution < -0.4 is 0 Å². The maximum atomic E-state index is 12.4. The minimum Gasteiger partial charge on any atom is -0.461 e. The average molecular weight is 346 g/mol. The van der Waals surface area contributed by atoms with Crippen molar-refractivity contribution in [2.75, 3.05) is 18.8 Å². The Morgan fingerprint density at radius 1 is 1.29 bits per heavy atom. The SMILES string of the molecule is C=CCn1c(SCC(=O)N2CCCCCC2)nnc1-c1ccco1. The van der Waals surface area contributed by atoms with Crippen LogP contribution in [-0.2, 0) is 11.3 Å². The monoisotopic (exact) mass is 346 g/mol. The first-order valence-electron chi connectivity index (χ1n) is 8.28. The first kappa shape index (κ1) is 16.8. The van der Waals surface area contributed by atoms with Gasteiger partial charge in [-0.2, -0.15) is 0 Å². The van der Waals surface area contributed by atoms with Crippen molar-refractivity contribution in [3.05, 3.63) is 31.1 Å². The zero-order valence-corrected chi connectivity index (χ0v) is 14.5. The molecule has 0 aromatic carbocycles. The average Bonchev–Trinajstić information content (AvgIpc) is 3.16. The summed E-state index contributed by atoms with van der Waals surface area (Å²) in [4.78, 5) is 14.4. The van der Waals surface area contributed by atoms with E-state index in [0.29, 0.717) is 29.0 Å². The molecule has 1 aliphatic rings. The molecule has 7 heteroatoms. The van der Waals surface area contributed by atoms with E-state index in [4.69, 9.17) is 4.42 Å². The molecular weight excluding hydrogens is 324 g/mol. The number of aromatic nitrogens is 3. The predicted molar refractivity (Wildman–Crippen MR) is 93.7 cm³/mol. The van der Waals surface area contributed by atoms with E-state index in [9.17, 15) is 4.79 Å². The number of hydrogen-bond acceptors (Lipinski definition) is 5. The highest BCUT2D eigenvalue weighted by molar-refractivity contribution is 7.99. The Labute approximate surface area is 145 Å². The zero-order chi connectivity index (χ0) is 16.8. The van der Waals surface area contributed by atoms with E-state index in [0.717, 1.165) is 25.9 Å². The Balaban J connectivity index is 1.68. The highest BCUT2D eigenvalue weighted by atomic mass is 32.2. The Bertz CT molecular complexity index is 673. The molecule has 2 aromatic rings. The quantitative estimate of drug-likeness (QED) is 0.593. The molecule has 0 aliphatic carbocycles. The van der Waals surface area contributed by atoms with E-state index in [-0.39, 0.29) is 5.91 Å². The maximum Gasteiger partial charge on any atom is 0.233 e. The van der Waals surface area contributed by atoms with E-state index < -0.39 is 0 Å². The lowest BCUT2D eigenvalue weighted by Gasteiger charge is -2.19. The van der Waals surface area contributed by atoms with Crippen molar-refractivity contribution in [1.82, 2.24) is 19.7 Å². The molecular formula is C17H22N4O2S. The maximum absolute atomic E-state index is 12.4. The molecule has 0 spiro atoms. The molecule has 0 unspecified atom stereocenters. The standard InChI is InChI=1S/C17H22N4O2S/c1-2-9-21-16(14-8-7-12-23-14)18-19-17(21)24-13-15(22)20-10-5-3-4-6-11-20/h2,7-8,12H,1,3-6,9-11,13H2. The second-order valence-corrected chi connectivity index (χ2v) is 6.71. The summed E-state index contributed by atoms with van der Waals surface area (Å²) >= 11 is 1.42. The zero-order valence-electron chi connectivity index (χ0n) is 13.7. The van der Waals surface area contributed by atoms with Crippen LogP contribution >= 0.6 is 11.8 Å². The number of hydrogen-bond donors (Lipinski definition) is 0. The topological polar surface area (TPSA) is 64.2 Å². The second kappa shape index (κ2) is 8.19. The summed E-state index contributed by atoms with van der Waals surface area (Å²) in [6, 6.07) is 3.67.